The molecule has 0 saturated heterocycles. The number of hydrogen-bond acceptors (Lipinski definition) is 4. The summed E-state index contributed by atoms with van der Waals surface area (Å²) in [5.41, 5.74) is 2.50. The maximum absolute atomic E-state index is 12.3. The first-order chi connectivity index (χ1) is 12.3. The summed E-state index contributed by atoms with van der Waals surface area (Å²) < 4.78 is 5.84. The lowest BCUT2D eigenvalue weighted by atomic mass is 10.1. The Kier molecular flexibility index (Phi) is 4.35. The van der Waals surface area contributed by atoms with Gasteiger partial charge in [0.05, 0.1) is 6.54 Å². The number of carbonyl (C=O) groups is 1. The SMILES string of the molecule is O=C(NCCOc1cccc2ccccc12)c1n[nH]c2c1CNCC2. The maximum atomic E-state index is 12.3. The number of H-pyrrole nitrogens is 1. The molecular weight excluding hydrogens is 316 g/mol. The molecule has 25 heavy (non-hydrogen) atoms. The summed E-state index contributed by atoms with van der Waals surface area (Å²) in [5, 5.41) is 15.5. The van der Waals surface area contributed by atoms with Crippen LogP contribution in [-0.2, 0) is 13.0 Å². The highest BCUT2D eigenvalue weighted by atomic mass is 16.5. The first-order valence-electron chi connectivity index (χ1n) is 8.48. The first-order valence-corrected chi connectivity index (χ1v) is 8.48. The van der Waals surface area contributed by atoms with Crippen molar-refractivity contribution in [2.24, 2.45) is 0 Å². The number of hydrogen-bond donors (Lipinski definition) is 3. The van der Waals surface area contributed by atoms with Crippen LogP contribution in [0.4, 0.5) is 0 Å². The van der Waals surface area contributed by atoms with Crippen LogP contribution in [-0.4, -0.2) is 35.8 Å². The minimum absolute atomic E-state index is 0.164. The Balaban J connectivity index is 1.35. The molecule has 3 N–H and O–H groups in total. The van der Waals surface area contributed by atoms with E-state index >= 15 is 0 Å². The van der Waals surface area contributed by atoms with E-state index in [-0.39, 0.29) is 5.91 Å². The zero-order valence-electron chi connectivity index (χ0n) is 13.8. The fraction of sp³-hybridized carbons (Fsp3) is 0.263. The average molecular weight is 336 g/mol. The Labute approximate surface area is 145 Å². The molecule has 6 heteroatoms. The molecular formula is C19H20N4O2. The lowest BCUT2D eigenvalue weighted by Gasteiger charge is -2.13. The van der Waals surface area contributed by atoms with Crippen LogP contribution in [0.15, 0.2) is 42.5 Å². The highest BCUT2D eigenvalue weighted by molar-refractivity contribution is 5.94. The molecule has 1 aliphatic heterocycles. The predicted octanol–water partition coefficient (Wildman–Crippen LogP) is 2.02. The van der Waals surface area contributed by atoms with E-state index in [1.807, 2.05) is 30.3 Å². The van der Waals surface area contributed by atoms with Crippen molar-refractivity contribution in [3.05, 3.63) is 59.4 Å². The quantitative estimate of drug-likeness (QED) is 0.623. The molecule has 3 aromatic rings. The molecule has 0 fully saturated rings. The van der Waals surface area contributed by atoms with Crippen molar-refractivity contribution in [1.29, 1.82) is 0 Å². The molecule has 128 valence electrons. The molecule has 0 aliphatic carbocycles. The van der Waals surface area contributed by atoms with Gasteiger partial charge in [-0.3, -0.25) is 9.89 Å². The van der Waals surface area contributed by atoms with E-state index in [4.69, 9.17) is 4.74 Å². The van der Waals surface area contributed by atoms with Crippen molar-refractivity contribution in [3.8, 4) is 5.75 Å². The number of aromatic amines is 1. The van der Waals surface area contributed by atoms with Crippen LogP contribution in [0.2, 0.25) is 0 Å². The van der Waals surface area contributed by atoms with Crippen molar-refractivity contribution < 1.29 is 9.53 Å². The Morgan fingerprint density at radius 2 is 2.08 bits per heavy atom. The number of rotatable bonds is 5. The summed E-state index contributed by atoms with van der Waals surface area (Å²) in [7, 11) is 0. The molecule has 0 spiro atoms. The van der Waals surface area contributed by atoms with Gasteiger partial charge in [-0.15, -0.1) is 0 Å². The van der Waals surface area contributed by atoms with E-state index in [1.165, 1.54) is 0 Å². The van der Waals surface area contributed by atoms with E-state index in [0.717, 1.165) is 40.7 Å². The van der Waals surface area contributed by atoms with Gasteiger partial charge in [-0.2, -0.15) is 5.10 Å². The van der Waals surface area contributed by atoms with Gasteiger partial charge in [0, 0.05) is 36.2 Å². The molecule has 0 atom stereocenters. The fourth-order valence-electron chi connectivity index (χ4n) is 3.14. The topological polar surface area (TPSA) is 79.0 Å². The van der Waals surface area contributed by atoms with E-state index < -0.39 is 0 Å². The van der Waals surface area contributed by atoms with Crippen LogP contribution in [0.25, 0.3) is 10.8 Å². The third kappa shape index (κ3) is 3.21. The van der Waals surface area contributed by atoms with Crippen molar-refractivity contribution in [3.63, 3.8) is 0 Å². The van der Waals surface area contributed by atoms with Crippen LogP contribution in [0.1, 0.15) is 21.7 Å². The summed E-state index contributed by atoms with van der Waals surface area (Å²) in [6.45, 7) is 2.43. The highest BCUT2D eigenvalue weighted by Crippen LogP contribution is 2.24. The van der Waals surface area contributed by atoms with Gasteiger partial charge < -0.3 is 15.4 Å². The van der Waals surface area contributed by atoms with Gasteiger partial charge in [-0.1, -0.05) is 36.4 Å². The molecule has 0 radical (unpaired) electrons. The van der Waals surface area contributed by atoms with E-state index in [1.54, 1.807) is 0 Å². The minimum Gasteiger partial charge on any atom is -0.491 e. The number of nitrogens with one attached hydrogen (secondary N) is 3. The third-order valence-corrected chi connectivity index (χ3v) is 4.42. The van der Waals surface area contributed by atoms with Gasteiger partial charge in [0.25, 0.3) is 5.91 Å². The highest BCUT2D eigenvalue weighted by Gasteiger charge is 2.21. The summed E-state index contributed by atoms with van der Waals surface area (Å²) in [6.07, 6.45) is 0.875. The second-order valence-electron chi connectivity index (χ2n) is 6.04. The molecule has 6 nitrogen and oxygen atoms in total. The Morgan fingerprint density at radius 3 is 3.04 bits per heavy atom. The van der Waals surface area contributed by atoms with Crippen molar-refractivity contribution in [1.82, 2.24) is 20.8 Å². The largest absolute Gasteiger partial charge is 0.491 e. The van der Waals surface area contributed by atoms with Crippen molar-refractivity contribution in [2.45, 2.75) is 13.0 Å². The standard InChI is InChI=1S/C19H20N4O2/c24-19(18-15-12-20-9-8-16(15)22-23-18)21-10-11-25-17-7-3-5-13-4-1-2-6-14(13)17/h1-7,20H,8-12H2,(H,21,24)(H,22,23). The summed E-state index contributed by atoms with van der Waals surface area (Å²) >= 11 is 0. The zero-order valence-corrected chi connectivity index (χ0v) is 13.8. The van der Waals surface area contributed by atoms with Crippen LogP contribution >= 0.6 is 0 Å². The summed E-state index contributed by atoms with van der Waals surface area (Å²) in [5.74, 6) is 0.663. The van der Waals surface area contributed by atoms with Gasteiger partial charge in [-0.05, 0) is 11.5 Å². The number of amides is 1. The molecule has 0 saturated carbocycles. The van der Waals surface area contributed by atoms with Gasteiger partial charge in [-0.25, -0.2) is 0 Å². The lowest BCUT2D eigenvalue weighted by molar-refractivity contribution is 0.0941. The first kappa shape index (κ1) is 15.7. The van der Waals surface area contributed by atoms with Crippen LogP contribution in [0.5, 0.6) is 5.75 Å². The Morgan fingerprint density at radius 1 is 1.20 bits per heavy atom. The predicted molar refractivity (Wildman–Crippen MR) is 95.8 cm³/mol. The normalized spacial score (nSPS) is 13.4. The lowest BCUT2D eigenvalue weighted by Crippen LogP contribution is -2.31. The van der Waals surface area contributed by atoms with Gasteiger partial charge in [0.2, 0.25) is 0 Å². The number of nitrogens with zero attached hydrogens (tertiary/aromatic N) is 1. The maximum Gasteiger partial charge on any atom is 0.272 e. The number of ether oxygens (including phenoxy) is 1. The van der Waals surface area contributed by atoms with E-state index in [2.05, 4.69) is 33.0 Å². The van der Waals surface area contributed by atoms with Crippen LogP contribution in [0.3, 0.4) is 0 Å². The van der Waals surface area contributed by atoms with Crippen molar-refractivity contribution >= 4 is 16.7 Å². The van der Waals surface area contributed by atoms with Gasteiger partial charge >= 0.3 is 0 Å². The third-order valence-electron chi connectivity index (χ3n) is 4.42. The zero-order chi connectivity index (χ0) is 17.1. The van der Waals surface area contributed by atoms with E-state index in [9.17, 15) is 4.79 Å². The number of benzene rings is 2. The van der Waals surface area contributed by atoms with Gasteiger partial charge in [0.1, 0.15) is 12.4 Å². The second-order valence-corrected chi connectivity index (χ2v) is 6.04. The Bertz CT molecular complexity index is 898. The molecule has 1 aliphatic rings. The fourth-order valence-corrected chi connectivity index (χ4v) is 3.14. The molecule has 2 aromatic carbocycles. The number of carbonyl (C=O) groups excluding carboxylic acids is 1. The summed E-state index contributed by atoms with van der Waals surface area (Å²) in [4.78, 5) is 12.3. The van der Waals surface area contributed by atoms with Crippen LogP contribution < -0.4 is 15.4 Å². The number of aromatic nitrogens is 2. The molecule has 1 amide bonds. The second kappa shape index (κ2) is 6.94. The molecule has 0 bridgehead atoms. The monoisotopic (exact) mass is 336 g/mol. The smallest absolute Gasteiger partial charge is 0.272 e. The van der Waals surface area contributed by atoms with Crippen molar-refractivity contribution in [2.75, 3.05) is 19.7 Å². The summed E-state index contributed by atoms with van der Waals surface area (Å²) in [6, 6.07) is 14.1. The molecule has 4 rings (SSSR count). The van der Waals surface area contributed by atoms with Gasteiger partial charge in [0.15, 0.2) is 5.69 Å². The Hall–Kier alpha value is -2.86. The minimum atomic E-state index is -0.164. The molecule has 0 unspecified atom stereocenters. The van der Waals surface area contributed by atoms with E-state index in [0.29, 0.717) is 25.4 Å². The van der Waals surface area contributed by atoms with Crippen LogP contribution in [0, 0.1) is 0 Å². The molecule has 1 aromatic heterocycles. The average Bonchev–Trinajstić information content (AvgIpc) is 3.09. The number of fused-ring (bicyclic) bond motifs is 2. The molecule has 2 heterocycles.